The summed E-state index contributed by atoms with van der Waals surface area (Å²) in [7, 11) is 1.27. The van der Waals surface area contributed by atoms with Crippen LogP contribution in [0.2, 0.25) is 0 Å². The predicted octanol–water partition coefficient (Wildman–Crippen LogP) is 6.06. The van der Waals surface area contributed by atoms with Gasteiger partial charge in [-0.1, -0.05) is 6.07 Å². The molecule has 2 aromatic carbocycles. The molecule has 2 atom stereocenters. The molecule has 40 heavy (non-hydrogen) atoms. The van der Waals surface area contributed by atoms with Crippen LogP contribution < -0.4 is 0 Å². The number of likely N-dealkylation sites (tertiary alicyclic amines) is 1. The standard InChI is InChI=1S/C30H34F5N3O2/c1-17-9-22-21-6-5-20(29(39)40-3)13-25(21)36-27(22)28(38(17)16-30(2,34)35)26-23(32)11-18(12-24(26)33)10-19-14-37(15-19)8-4-7-31/h5-6,11-13,17,19,28,36H,4,7-10,14-16H2,1-3H3. The summed E-state index contributed by atoms with van der Waals surface area (Å²) in [5.41, 5.74) is 2.31. The summed E-state index contributed by atoms with van der Waals surface area (Å²) < 4.78 is 77.6. The van der Waals surface area contributed by atoms with Crippen molar-refractivity contribution in [2.75, 3.05) is 40.0 Å². The molecule has 2 unspecified atom stereocenters. The topological polar surface area (TPSA) is 48.6 Å². The van der Waals surface area contributed by atoms with Gasteiger partial charge in [0.05, 0.1) is 31.9 Å². The Kier molecular flexibility index (Phi) is 7.94. The lowest BCUT2D eigenvalue weighted by molar-refractivity contribution is -0.0374. The van der Waals surface area contributed by atoms with Gasteiger partial charge in [0, 0.05) is 54.8 Å². The van der Waals surface area contributed by atoms with Gasteiger partial charge in [-0.25, -0.2) is 22.4 Å². The molecule has 5 nitrogen and oxygen atoms in total. The minimum absolute atomic E-state index is 0.221. The van der Waals surface area contributed by atoms with Crippen LogP contribution >= 0.6 is 0 Å². The number of esters is 1. The molecule has 0 saturated carbocycles. The fourth-order valence-electron chi connectivity index (χ4n) is 6.31. The van der Waals surface area contributed by atoms with Crippen LogP contribution in [0.5, 0.6) is 0 Å². The van der Waals surface area contributed by atoms with Gasteiger partial charge in [0.1, 0.15) is 11.6 Å². The van der Waals surface area contributed by atoms with Crippen molar-refractivity contribution < 1.29 is 31.5 Å². The van der Waals surface area contributed by atoms with Crippen LogP contribution in [0.3, 0.4) is 0 Å². The molecule has 1 fully saturated rings. The van der Waals surface area contributed by atoms with Crippen LogP contribution in [0, 0.1) is 17.6 Å². The van der Waals surface area contributed by atoms with Gasteiger partial charge >= 0.3 is 5.97 Å². The SMILES string of the molecule is COC(=O)c1ccc2c3c([nH]c2c1)C(c1c(F)cc(CC2CN(CCCF)C2)cc1F)N(CC(C)(F)F)C(C)C3. The molecule has 0 amide bonds. The number of halogens is 5. The predicted molar refractivity (Wildman–Crippen MR) is 143 cm³/mol. The second-order valence-corrected chi connectivity index (χ2v) is 11.3. The summed E-state index contributed by atoms with van der Waals surface area (Å²) >= 11 is 0. The molecule has 3 heterocycles. The molecule has 2 aliphatic heterocycles. The third-order valence-electron chi connectivity index (χ3n) is 8.07. The van der Waals surface area contributed by atoms with Gasteiger partial charge in [-0.2, -0.15) is 0 Å². The molecule has 2 aliphatic rings. The number of alkyl halides is 3. The minimum atomic E-state index is -3.10. The van der Waals surface area contributed by atoms with Gasteiger partial charge in [-0.15, -0.1) is 0 Å². The van der Waals surface area contributed by atoms with Crippen LogP contribution in [0.1, 0.15) is 59.1 Å². The van der Waals surface area contributed by atoms with E-state index >= 15 is 8.78 Å². The zero-order chi connectivity index (χ0) is 28.8. The summed E-state index contributed by atoms with van der Waals surface area (Å²) in [5.74, 6) is -4.98. The van der Waals surface area contributed by atoms with Gasteiger partial charge in [0.25, 0.3) is 5.92 Å². The third-order valence-corrected chi connectivity index (χ3v) is 8.07. The number of carbonyl (C=O) groups excluding carboxylic acids is 1. The Balaban J connectivity index is 1.53. The van der Waals surface area contributed by atoms with E-state index in [2.05, 4.69) is 9.88 Å². The maximum Gasteiger partial charge on any atom is 0.337 e. The van der Waals surface area contributed by atoms with Gasteiger partial charge < -0.3 is 14.6 Å². The van der Waals surface area contributed by atoms with Crippen molar-refractivity contribution in [2.24, 2.45) is 5.92 Å². The van der Waals surface area contributed by atoms with E-state index in [-0.39, 0.29) is 18.2 Å². The molecule has 1 N–H and O–H groups in total. The van der Waals surface area contributed by atoms with Gasteiger partial charge in [0.2, 0.25) is 0 Å². The number of aromatic nitrogens is 1. The number of nitrogens with one attached hydrogen (secondary N) is 1. The van der Waals surface area contributed by atoms with Crippen molar-refractivity contribution in [1.82, 2.24) is 14.8 Å². The fourth-order valence-corrected chi connectivity index (χ4v) is 6.31. The summed E-state index contributed by atoms with van der Waals surface area (Å²) in [6.45, 7) is 3.68. The number of carbonyl (C=O) groups is 1. The van der Waals surface area contributed by atoms with Crippen LogP contribution in [0.4, 0.5) is 22.0 Å². The number of fused-ring (bicyclic) bond motifs is 3. The fraction of sp³-hybridized carbons (Fsp3) is 0.500. The third kappa shape index (κ3) is 5.61. The average Bonchev–Trinajstić information content (AvgIpc) is 3.22. The van der Waals surface area contributed by atoms with Crippen molar-refractivity contribution in [2.45, 2.75) is 51.1 Å². The van der Waals surface area contributed by atoms with Crippen LogP contribution in [0.15, 0.2) is 30.3 Å². The maximum atomic E-state index is 15.8. The smallest absolute Gasteiger partial charge is 0.337 e. The Morgan fingerprint density at radius 1 is 1.15 bits per heavy atom. The molecule has 1 saturated heterocycles. The van der Waals surface area contributed by atoms with Crippen molar-refractivity contribution in [3.8, 4) is 0 Å². The van der Waals surface area contributed by atoms with E-state index in [0.29, 0.717) is 48.1 Å². The molecule has 0 aliphatic carbocycles. The Bertz CT molecular complexity index is 1370. The highest BCUT2D eigenvalue weighted by atomic mass is 19.3. The van der Waals surface area contributed by atoms with Gasteiger partial charge in [-0.05, 0) is 67.5 Å². The van der Waals surface area contributed by atoms with Crippen molar-refractivity contribution >= 4 is 16.9 Å². The van der Waals surface area contributed by atoms with E-state index in [1.165, 1.54) is 24.1 Å². The van der Waals surface area contributed by atoms with Gasteiger partial charge in [-0.3, -0.25) is 9.29 Å². The summed E-state index contributed by atoms with van der Waals surface area (Å²) in [6, 6.07) is 6.02. The number of methoxy groups -OCH3 is 1. The molecule has 216 valence electrons. The van der Waals surface area contributed by atoms with Crippen LogP contribution in [0.25, 0.3) is 10.9 Å². The van der Waals surface area contributed by atoms with Crippen LogP contribution in [-0.2, 0) is 17.6 Å². The van der Waals surface area contributed by atoms with Gasteiger partial charge in [0.15, 0.2) is 0 Å². The lowest BCUT2D eigenvalue weighted by Crippen LogP contribution is -2.48. The number of rotatable bonds is 9. The zero-order valence-electron chi connectivity index (χ0n) is 22.9. The van der Waals surface area contributed by atoms with Crippen molar-refractivity contribution in [3.63, 3.8) is 0 Å². The van der Waals surface area contributed by atoms with E-state index in [1.807, 2.05) is 0 Å². The first kappa shape index (κ1) is 28.5. The molecule has 0 radical (unpaired) electrons. The Morgan fingerprint density at radius 2 is 1.85 bits per heavy atom. The largest absolute Gasteiger partial charge is 0.465 e. The Labute approximate surface area is 230 Å². The molecule has 3 aromatic rings. The number of hydrogen-bond donors (Lipinski definition) is 1. The summed E-state index contributed by atoms with van der Waals surface area (Å²) in [4.78, 5) is 18.9. The highest BCUT2D eigenvalue weighted by Gasteiger charge is 2.42. The number of benzene rings is 2. The average molecular weight is 564 g/mol. The number of H-pyrrole nitrogens is 1. The second-order valence-electron chi connectivity index (χ2n) is 11.3. The lowest BCUT2D eigenvalue weighted by atomic mass is 9.86. The number of hydrogen-bond acceptors (Lipinski definition) is 4. The molecule has 5 rings (SSSR count). The molecule has 0 bridgehead atoms. The number of aromatic amines is 1. The first-order chi connectivity index (χ1) is 19.0. The maximum absolute atomic E-state index is 15.8. The van der Waals surface area contributed by atoms with Crippen molar-refractivity contribution in [3.05, 3.63) is 69.9 Å². The monoisotopic (exact) mass is 563 g/mol. The second kappa shape index (κ2) is 11.1. The zero-order valence-corrected chi connectivity index (χ0v) is 22.9. The molecular formula is C30H34F5N3O2. The highest BCUT2D eigenvalue weighted by Crippen LogP contribution is 2.44. The van der Waals surface area contributed by atoms with Crippen molar-refractivity contribution in [1.29, 1.82) is 0 Å². The molecule has 1 aromatic heterocycles. The Morgan fingerprint density at radius 3 is 2.48 bits per heavy atom. The van der Waals surface area contributed by atoms with E-state index in [4.69, 9.17) is 4.74 Å². The normalized spacial score (nSPS) is 20.5. The number of nitrogens with zero attached hydrogens (tertiary/aromatic N) is 2. The number of ether oxygens (including phenoxy) is 1. The van der Waals surface area contributed by atoms with Crippen LogP contribution in [-0.4, -0.2) is 72.7 Å². The summed E-state index contributed by atoms with van der Waals surface area (Å²) in [5, 5.41) is 0.766. The summed E-state index contributed by atoms with van der Waals surface area (Å²) in [6.07, 6.45) is 1.34. The Hall–Kier alpha value is -2.98. The van der Waals surface area contributed by atoms with E-state index in [1.54, 1.807) is 25.1 Å². The quantitative estimate of drug-likeness (QED) is 0.254. The van der Waals surface area contributed by atoms with E-state index in [0.717, 1.165) is 31.0 Å². The molecule has 0 spiro atoms. The first-order valence-corrected chi connectivity index (χ1v) is 13.6. The minimum Gasteiger partial charge on any atom is -0.465 e. The highest BCUT2D eigenvalue weighted by molar-refractivity contribution is 5.96. The van der Waals surface area contributed by atoms with E-state index in [9.17, 15) is 18.0 Å². The molecular weight excluding hydrogens is 529 g/mol. The van der Waals surface area contributed by atoms with E-state index < -0.39 is 42.2 Å². The molecule has 10 heteroatoms. The lowest BCUT2D eigenvalue weighted by Gasteiger charge is -2.42. The first-order valence-electron chi connectivity index (χ1n) is 13.6.